The van der Waals surface area contributed by atoms with Crippen LogP contribution in [0.15, 0.2) is 42.4 Å². The maximum atomic E-state index is 10.0. The van der Waals surface area contributed by atoms with Gasteiger partial charge >= 0.3 is 37.7 Å². The van der Waals surface area contributed by atoms with E-state index in [2.05, 4.69) is 0 Å². The quantitative estimate of drug-likeness (QED) is 0.321. The first-order valence-corrected chi connectivity index (χ1v) is 3.37. The molecule has 0 saturated heterocycles. The molecule has 4 heteroatoms. The van der Waals surface area contributed by atoms with Crippen LogP contribution in [0.4, 0.5) is 0 Å². The molecule has 0 unspecified atom stereocenters. The van der Waals surface area contributed by atoms with Crippen LogP contribution in [-0.2, 0) is 6.42 Å². The average Bonchev–Trinajstić information content (AvgIpc) is 2.03. The summed E-state index contributed by atoms with van der Waals surface area (Å²) in [5.41, 5.74) is 0.983. The van der Waals surface area contributed by atoms with Crippen molar-refractivity contribution in [1.29, 1.82) is 0 Å². The van der Waals surface area contributed by atoms with Gasteiger partial charge in [-0.1, -0.05) is 30.3 Å². The van der Waals surface area contributed by atoms with Crippen molar-refractivity contribution in [2.45, 2.75) is 6.42 Å². The number of rotatable bonds is 2. The third-order valence-electron chi connectivity index (χ3n) is 1.35. The fraction of sp³-hybridized carbons (Fsp3) is 0.111. The smallest absolute Gasteiger partial charge is 0.884 e. The van der Waals surface area contributed by atoms with Gasteiger partial charge in [-0.25, -0.2) is 5.95 Å². The summed E-state index contributed by atoms with van der Waals surface area (Å²) in [5.74, 6) is -1.12. The summed E-state index contributed by atoms with van der Waals surface area (Å²) in [6.45, 7) is 0. The number of benzene rings is 1. The molecule has 1 rings (SSSR count). The van der Waals surface area contributed by atoms with E-state index in [-0.39, 0.29) is 37.7 Å². The van der Waals surface area contributed by atoms with Crippen molar-refractivity contribution < 1.29 is 47.9 Å². The molecular formula is C9H8Li2O2. The van der Waals surface area contributed by atoms with Crippen molar-refractivity contribution in [2.75, 3.05) is 0 Å². The summed E-state index contributed by atoms with van der Waals surface area (Å²) in [4.78, 5) is 0. The van der Waals surface area contributed by atoms with Crippen molar-refractivity contribution >= 4 is 0 Å². The molecule has 58 valence electrons. The summed E-state index contributed by atoms with van der Waals surface area (Å²) in [7, 11) is 0. The molecule has 0 saturated carbocycles. The molecule has 0 aromatic heterocycles. The predicted octanol–water partition coefficient (Wildman–Crippen LogP) is -6.20. The van der Waals surface area contributed by atoms with E-state index >= 15 is 0 Å². The number of allylic oxidation sites excluding steroid dienone is 1. The second kappa shape index (κ2) is 8.36. The molecule has 0 N–H and O–H groups in total. The molecule has 0 aliphatic heterocycles. The van der Waals surface area contributed by atoms with Crippen molar-refractivity contribution in [2.24, 2.45) is 0 Å². The van der Waals surface area contributed by atoms with Crippen LogP contribution in [0.25, 0.3) is 0 Å². The van der Waals surface area contributed by atoms with Crippen molar-refractivity contribution in [3.8, 4) is 0 Å². The molecule has 0 heterocycles. The van der Waals surface area contributed by atoms with Crippen LogP contribution in [0.2, 0.25) is 0 Å². The normalized spacial score (nSPS) is 7.69. The van der Waals surface area contributed by atoms with Gasteiger partial charge < -0.3 is 10.2 Å². The van der Waals surface area contributed by atoms with E-state index in [9.17, 15) is 10.2 Å². The number of hydrogen-bond donors (Lipinski definition) is 0. The van der Waals surface area contributed by atoms with E-state index in [1.165, 1.54) is 0 Å². The Morgan fingerprint density at radius 3 is 2.08 bits per heavy atom. The van der Waals surface area contributed by atoms with Crippen LogP contribution in [0, 0.1) is 0 Å². The Kier molecular flexibility index (Phi) is 9.80. The van der Waals surface area contributed by atoms with E-state index in [4.69, 9.17) is 0 Å². The Bertz CT molecular complexity index is 243. The molecule has 0 spiro atoms. The first-order valence-electron chi connectivity index (χ1n) is 3.37. The number of hydrogen-bond acceptors (Lipinski definition) is 2. The SMILES string of the molecule is [Li+].[Li+].[O-]C([O-])=CCc1ccccc1. The Morgan fingerprint density at radius 1 is 1.08 bits per heavy atom. The Labute approximate surface area is 102 Å². The molecule has 1 aromatic rings. The first kappa shape index (κ1) is 15.2. The van der Waals surface area contributed by atoms with Gasteiger partial charge in [-0.3, -0.25) is 0 Å². The zero-order valence-electron chi connectivity index (χ0n) is 7.99. The van der Waals surface area contributed by atoms with Crippen LogP contribution in [0.5, 0.6) is 0 Å². The van der Waals surface area contributed by atoms with Crippen molar-refractivity contribution in [3.05, 3.63) is 47.9 Å². The van der Waals surface area contributed by atoms with Gasteiger partial charge in [0.25, 0.3) is 0 Å². The Morgan fingerprint density at radius 2 is 1.62 bits per heavy atom. The zero-order chi connectivity index (χ0) is 8.10. The maximum absolute atomic E-state index is 10.0. The monoisotopic (exact) mass is 162 g/mol. The molecule has 0 aliphatic carbocycles. The Hall–Kier alpha value is -0.245. The van der Waals surface area contributed by atoms with Crippen molar-refractivity contribution in [3.63, 3.8) is 0 Å². The molecule has 0 amide bonds. The van der Waals surface area contributed by atoms with E-state index in [0.717, 1.165) is 11.6 Å². The molecule has 0 fully saturated rings. The third kappa shape index (κ3) is 6.88. The summed E-state index contributed by atoms with van der Waals surface area (Å²) < 4.78 is 0. The van der Waals surface area contributed by atoms with Crippen LogP contribution in [0.3, 0.4) is 0 Å². The molecular weight excluding hydrogens is 154 g/mol. The van der Waals surface area contributed by atoms with Crippen LogP contribution in [-0.4, -0.2) is 0 Å². The van der Waals surface area contributed by atoms with Crippen LogP contribution in [0.1, 0.15) is 5.56 Å². The van der Waals surface area contributed by atoms with Gasteiger partial charge in [0, 0.05) is 0 Å². The van der Waals surface area contributed by atoms with E-state index in [0.29, 0.717) is 6.42 Å². The summed E-state index contributed by atoms with van der Waals surface area (Å²) >= 11 is 0. The van der Waals surface area contributed by atoms with Gasteiger partial charge in [0.2, 0.25) is 0 Å². The first-order chi connectivity index (χ1) is 5.29. The molecule has 1 aromatic carbocycles. The van der Waals surface area contributed by atoms with Gasteiger partial charge in [-0.05, 0) is 12.0 Å². The molecule has 2 nitrogen and oxygen atoms in total. The van der Waals surface area contributed by atoms with Gasteiger partial charge in [0.15, 0.2) is 0 Å². The minimum Gasteiger partial charge on any atom is -0.884 e. The predicted molar refractivity (Wildman–Crippen MR) is 38.2 cm³/mol. The van der Waals surface area contributed by atoms with Crippen molar-refractivity contribution in [1.82, 2.24) is 0 Å². The molecule has 13 heavy (non-hydrogen) atoms. The minimum atomic E-state index is -1.12. The zero-order valence-corrected chi connectivity index (χ0v) is 7.99. The molecule has 0 aliphatic rings. The standard InChI is InChI=1S/C9H10O2.2Li/c10-9(11)7-6-8-4-2-1-3-5-8;;/h1-5,7,10-11H,6H2;;/q;2*+1/p-2. The van der Waals surface area contributed by atoms with Crippen LogP contribution < -0.4 is 47.9 Å². The van der Waals surface area contributed by atoms with Gasteiger partial charge in [-0.2, -0.15) is 0 Å². The fourth-order valence-corrected chi connectivity index (χ4v) is 0.815. The second-order valence-corrected chi connectivity index (χ2v) is 2.21. The summed E-state index contributed by atoms with van der Waals surface area (Å²) in [6, 6.07) is 9.39. The summed E-state index contributed by atoms with van der Waals surface area (Å²) in [5, 5.41) is 20.0. The van der Waals surface area contributed by atoms with Crippen LogP contribution >= 0.6 is 0 Å². The van der Waals surface area contributed by atoms with Gasteiger partial charge in [0.1, 0.15) is 0 Å². The van der Waals surface area contributed by atoms with E-state index in [1.807, 2.05) is 30.3 Å². The largest absolute Gasteiger partial charge is 1.00 e. The minimum absolute atomic E-state index is 0. The second-order valence-electron chi connectivity index (χ2n) is 2.21. The van der Waals surface area contributed by atoms with Gasteiger partial charge in [0.05, 0.1) is 0 Å². The van der Waals surface area contributed by atoms with E-state index in [1.54, 1.807) is 0 Å². The molecule has 0 atom stereocenters. The van der Waals surface area contributed by atoms with Gasteiger partial charge in [-0.15, -0.1) is 6.08 Å². The third-order valence-corrected chi connectivity index (χ3v) is 1.35. The fourth-order valence-electron chi connectivity index (χ4n) is 0.815. The topological polar surface area (TPSA) is 46.1 Å². The van der Waals surface area contributed by atoms with E-state index < -0.39 is 5.95 Å². The molecule has 0 radical (unpaired) electrons. The maximum Gasteiger partial charge on any atom is 1.00 e. The Balaban J connectivity index is 0. The average molecular weight is 162 g/mol. The summed E-state index contributed by atoms with van der Waals surface area (Å²) in [6.07, 6.45) is 1.57. The molecule has 0 bridgehead atoms.